The van der Waals surface area contributed by atoms with E-state index in [-0.39, 0.29) is 12.4 Å². The van der Waals surface area contributed by atoms with Crippen LogP contribution in [0.1, 0.15) is 29.8 Å². The van der Waals surface area contributed by atoms with Crippen LogP contribution in [-0.4, -0.2) is 24.5 Å². The van der Waals surface area contributed by atoms with Gasteiger partial charge in [-0.2, -0.15) is 0 Å². The first-order chi connectivity index (χ1) is 8.04. The van der Waals surface area contributed by atoms with Gasteiger partial charge in [-0.15, -0.1) is 0 Å². The highest BCUT2D eigenvalue weighted by molar-refractivity contribution is 6.01. The van der Waals surface area contributed by atoms with Gasteiger partial charge >= 0.3 is 6.09 Å². The molecule has 0 saturated carbocycles. The molecule has 0 bridgehead atoms. The number of hydrogen-bond acceptors (Lipinski definition) is 3. The lowest BCUT2D eigenvalue weighted by Crippen LogP contribution is -2.38. The molecule has 0 radical (unpaired) electrons. The summed E-state index contributed by atoms with van der Waals surface area (Å²) in [6.45, 7) is 5.59. The Morgan fingerprint density at radius 1 is 1.29 bits per heavy atom. The number of rotatable bonds is 4. The minimum atomic E-state index is -0.586. The summed E-state index contributed by atoms with van der Waals surface area (Å²) in [4.78, 5) is 23.1. The molecule has 0 aromatic heterocycles. The maximum atomic E-state index is 11.9. The fraction of sp³-hybridized carbons (Fsp3) is 0.385. The Kier molecular flexibility index (Phi) is 4.69. The van der Waals surface area contributed by atoms with Crippen molar-refractivity contribution in [1.82, 2.24) is 5.32 Å². The Hall–Kier alpha value is -1.84. The van der Waals surface area contributed by atoms with E-state index in [9.17, 15) is 9.59 Å². The molecule has 0 aliphatic rings. The summed E-state index contributed by atoms with van der Waals surface area (Å²) in [5.74, 6) is -0.127. The van der Waals surface area contributed by atoms with E-state index in [1.54, 1.807) is 26.0 Å². The minimum Gasteiger partial charge on any atom is -0.450 e. The smallest absolute Gasteiger partial charge is 0.407 e. The largest absolute Gasteiger partial charge is 0.450 e. The topological polar surface area (TPSA) is 55.4 Å². The van der Waals surface area contributed by atoms with Crippen molar-refractivity contribution in [2.24, 2.45) is 0 Å². The van der Waals surface area contributed by atoms with Gasteiger partial charge in [-0.3, -0.25) is 4.79 Å². The fourth-order valence-electron chi connectivity index (χ4n) is 1.38. The second kappa shape index (κ2) is 6.03. The molecule has 0 spiro atoms. The lowest BCUT2D eigenvalue weighted by molar-refractivity contribution is 0.0933. The zero-order valence-corrected chi connectivity index (χ0v) is 10.3. The summed E-state index contributed by atoms with van der Waals surface area (Å²) >= 11 is 0. The van der Waals surface area contributed by atoms with Crippen LogP contribution in [0.25, 0.3) is 0 Å². The highest BCUT2D eigenvalue weighted by atomic mass is 16.5. The van der Waals surface area contributed by atoms with Gasteiger partial charge in [-0.1, -0.05) is 29.8 Å². The lowest BCUT2D eigenvalue weighted by atomic mass is 10.0. The maximum Gasteiger partial charge on any atom is 0.407 e. The second-order valence-electron chi connectivity index (χ2n) is 3.82. The molecule has 0 aliphatic heterocycles. The number of hydrogen-bond donors (Lipinski definition) is 1. The van der Waals surface area contributed by atoms with Crippen LogP contribution in [-0.2, 0) is 4.74 Å². The number of Topliss-reactive ketones (excluding diaryl/α,β-unsaturated/α-hetero) is 1. The van der Waals surface area contributed by atoms with E-state index in [2.05, 4.69) is 5.32 Å². The number of aryl methyl sites for hydroxylation is 1. The number of ketones is 1. The number of nitrogens with one attached hydrogen (secondary N) is 1. The van der Waals surface area contributed by atoms with Crippen LogP contribution in [0.15, 0.2) is 24.3 Å². The van der Waals surface area contributed by atoms with Gasteiger partial charge in [0.15, 0.2) is 5.78 Å². The average molecular weight is 235 g/mol. The lowest BCUT2D eigenvalue weighted by Gasteiger charge is -2.12. The van der Waals surface area contributed by atoms with Crippen molar-refractivity contribution in [2.75, 3.05) is 6.61 Å². The summed E-state index contributed by atoms with van der Waals surface area (Å²) in [7, 11) is 0. The van der Waals surface area contributed by atoms with Gasteiger partial charge in [0.05, 0.1) is 12.6 Å². The number of carbonyl (C=O) groups excluding carboxylic acids is 2. The molecule has 0 heterocycles. The number of carbonyl (C=O) groups is 2. The molecule has 92 valence electrons. The van der Waals surface area contributed by atoms with Crippen LogP contribution in [0.3, 0.4) is 0 Å². The van der Waals surface area contributed by atoms with E-state index in [0.29, 0.717) is 5.56 Å². The van der Waals surface area contributed by atoms with Crippen molar-refractivity contribution in [3.05, 3.63) is 35.4 Å². The Labute approximate surface area is 101 Å². The molecule has 1 N–H and O–H groups in total. The highest BCUT2D eigenvalue weighted by Gasteiger charge is 2.17. The summed E-state index contributed by atoms with van der Waals surface area (Å²) in [5.41, 5.74) is 1.67. The standard InChI is InChI=1S/C13H17NO3/c1-4-17-13(16)14-10(3)12(15)11-7-5-9(2)6-8-11/h5-8,10H,4H2,1-3H3,(H,14,16). The third-order valence-corrected chi connectivity index (χ3v) is 2.34. The van der Waals surface area contributed by atoms with Crippen LogP contribution in [0.2, 0.25) is 0 Å². The molecule has 1 atom stereocenters. The first kappa shape index (κ1) is 13.2. The van der Waals surface area contributed by atoms with Crippen molar-refractivity contribution < 1.29 is 14.3 Å². The van der Waals surface area contributed by atoms with E-state index < -0.39 is 12.1 Å². The fourth-order valence-corrected chi connectivity index (χ4v) is 1.38. The summed E-state index contributed by atoms with van der Waals surface area (Å²) < 4.78 is 4.72. The van der Waals surface area contributed by atoms with Crippen LogP contribution in [0.5, 0.6) is 0 Å². The summed E-state index contributed by atoms with van der Waals surface area (Å²) in [6, 6.07) is 6.65. The SMILES string of the molecule is CCOC(=O)NC(C)C(=O)c1ccc(C)cc1. The van der Waals surface area contributed by atoms with E-state index in [4.69, 9.17) is 4.74 Å². The van der Waals surface area contributed by atoms with Crippen molar-refractivity contribution in [3.63, 3.8) is 0 Å². The van der Waals surface area contributed by atoms with Crippen molar-refractivity contribution in [2.45, 2.75) is 26.8 Å². The van der Waals surface area contributed by atoms with E-state index in [1.807, 2.05) is 19.1 Å². The zero-order valence-electron chi connectivity index (χ0n) is 10.3. The molecule has 4 nitrogen and oxygen atoms in total. The molecule has 4 heteroatoms. The Balaban J connectivity index is 2.63. The molecule has 1 amide bonds. The number of ether oxygens (including phenoxy) is 1. The van der Waals surface area contributed by atoms with E-state index >= 15 is 0 Å². The second-order valence-corrected chi connectivity index (χ2v) is 3.82. The Morgan fingerprint density at radius 3 is 2.41 bits per heavy atom. The van der Waals surface area contributed by atoms with Crippen LogP contribution in [0.4, 0.5) is 4.79 Å². The highest BCUT2D eigenvalue weighted by Crippen LogP contribution is 2.06. The summed E-state index contributed by atoms with van der Waals surface area (Å²) in [6.07, 6.45) is -0.569. The van der Waals surface area contributed by atoms with Gasteiger partial charge in [0.2, 0.25) is 0 Å². The molecule has 17 heavy (non-hydrogen) atoms. The Bertz CT molecular complexity index is 398. The molecule has 1 unspecified atom stereocenters. The maximum absolute atomic E-state index is 11.9. The third-order valence-electron chi connectivity index (χ3n) is 2.34. The molecule has 1 aromatic rings. The monoisotopic (exact) mass is 235 g/mol. The van der Waals surface area contributed by atoms with Crippen molar-refractivity contribution >= 4 is 11.9 Å². The molecule has 0 fully saturated rings. The molecule has 0 aliphatic carbocycles. The average Bonchev–Trinajstić information content (AvgIpc) is 2.29. The van der Waals surface area contributed by atoms with E-state index in [0.717, 1.165) is 5.56 Å². The molecule has 1 aromatic carbocycles. The van der Waals surface area contributed by atoms with E-state index in [1.165, 1.54) is 0 Å². The quantitative estimate of drug-likeness (QED) is 0.815. The number of alkyl carbamates (subject to hydrolysis) is 1. The first-order valence-electron chi connectivity index (χ1n) is 5.58. The normalized spacial score (nSPS) is 11.7. The van der Waals surface area contributed by atoms with Crippen molar-refractivity contribution in [1.29, 1.82) is 0 Å². The third kappa shape index (κ3) is 3.90. The predicted molar refractivity (Wildman–Crippen MR) is 65.1 cm³/mol. The van der Waals surface area contributed by atoms with Crippen LogP contribution >= 0.6 is 0 Å². The van der Waals surface area contributed by atoms with Gasteiger partial charge < -0.3 is 10.1 Å². The molecular weight excluding hydrogens is 218 g/mol. The van der Waals surface area contributed by atoms with Gasteiger partial charge in [0.25, 0.3) is 0 Å². The first-order valence-corrected chi connectivity index (χ1v) is 5.58. The molecular formula is C13H17NO3. The predicted octanol–water partition coefficient (Wildman–Crippen LogP) is 2.31. The van der Waals surface area contributed by atoms with Gasteiger partial charge in [0.1, 0.15) is 0 Å². The summed E-state index contributed by atoms with van der Waals surface area (Å²) in [5, 5.41) is 2.48. The zero-order chi connectivity index (χ0) is 12.8. The van der Waals surface area contributed by atoms with Gasteiger partial charge in [-0.25, -0.2) is 4.79 Å². The minimum absolute atomic E-state index is 0.127. The van der Waals surface area contributed by atoms with Gasteiger partial charge in [-0.05, 0) is 20.8 Å². The number of benzene rings is 1. The molecule has 0 saturated heterocycles. The van der Waals surface area contributed by atoms with Gasteiger partial charge in [0, 0.05) is 5.56 Å². The van der Waals surface area contributed by atoms with Crippen LogP contribution < -0.4 is 5.32 Å². The number of amides is 1. The molecule has 1 rings (SSSR count). The Morgan fingerprint density at radius 2 is 1.88 bits per heavy atom. The van der Waals surface area contributed by atoms with Crippen LogP contribution in [0, 0.1) is 6.92 Å². The van der Waals surface area contributed by atoms with Crippen molar-refractivity contribution in [3.8, 4) is 0 Å².